The highest BCUT2D eigenvalue weighted by Gasteiger charge is 2.50. The second-order valence-corrected chi connectivity index (χ2v) is 5.26. The molecule has 22 heavy (non-hydrogen) atoms. The lowest BCUT2D eigenvalue weighted by Crippen LogP contribution is -2.47. The first kappa shape index (κ1) is 18.3. The van der Waals surface area contributed by atoms with E-state index in [2.05, 4.69) is 0 Å². The van der Waals surface area contributed by atoms with Crippen LogP contribution >= 0.6 is 0 Å². The van der Waals surface area contributed by atoms with Gasteiger partial charge in [0.1, 0.15) is 18.1 Å². The molecule has 0 amide bonds. The topological polar surface area (TPSA) is 55.8 Å². The van der Waals surface area contributed by atoms with E-state index in [0.29, 0.717) is 13.3 Å². The van der Waals surface area contributed by atoms with Gasteiger partial charge in [0, 0.05) is 0 Å². The summed E-state index contributed by atoms with van der Waals surface area (Å²) < 4.78 is 47.4. The normalized spacial score (nSPS) is 15.8. The molecule has 0 saturated carbocycles. The zero-order valence-corrected chi connectivity index (χ0v) is 12.6. The Hall–Kier alpha value is -1.76. The summed E-state index contributed by atoms with van der Waals surface area (Å²) in [4.78, 5) is 11.6. The quantitative estimate of drug-likeness (QED) is 0.645. The molecule has 4 nitrogen and oxygen atoms in total. The van der Waals surface area contributed by atoms with Gasteiger partial charge in [-0.1, -0.05) is 13.8 Å². The highest BCUT2D eigenvalue weighted by atomic mass is 19.4. The predicted octanol–water partition coefficient (Wildman–Crippen LogP) is 3.33. The minimum atomic E-state index is -4.78. The Morgan fingerprint density at radius 2 is 1.73 bits per heavy atom. The Bertz CT molecular complexity index is 495. The number of esters is 1. The van der Waals surface area contributed by atoms with Crippen molar-refractivity contribution in [2.75, 3.05) is 6.61 Å². The number of halogens is 3. The second-order valence-electron chi connectivity index (χ2n) is 5.26. The molecular formula is C15H19F3O4. The van der Waals surface area contributed by atoms with E-state index in [1.165, 1.54) is 24.3 Å². The van der Waals surface area contributed by atoms with Gasteiger partial charge in [-0.05, 0) is 37.6 Å². The Morgan fingerprint density at radius 3 is 2.18 bits per heavy atom. The van der Waals surface area contributed by atoms with E-state index in [9.17, 15) is 23.1 Å². The molecule has 0 radical (unpaired) electrons. The van der Waals surface area contributed by atoms with Crippen LogP contribution < -0.4 is 9.47 Å². The molecule has 0 aliphatic rings. The average Bonchev–Trinajstić information content (AvgIpc) is 2.44. The summed E-state index contributed by atoms with van der Waals surface area (Å²) in [5.41, 5.74) is -2.94. The number of ether oxygens (including phenoxy) is 2. The van der Waals surface area contributed by atoms with Crippen molar-refractivity contribution in [1.29, 1.82) is 0 Å². The second kappa shape index (κ2) is 7.00. The molecule has 0 aliphatic carbocycles. The molecule has 0 aromatic heterocycles. The molecule has 1 aromatic carbocycles. The fourth-order valence-electron chi connectivity index (χ4n) is 1.29. The highest BCUT2D eigenvalue weighted by molar-refractivity contribution is 5.74. The van der Waals surface area contributed by atoms with Crippen molar-refractivity contribution in [3.63, 3.8) is 0 Å². The fourth-order valence-corrected chi connectivity index (χ4v) is 1.29. The van der Waals surface area contributed by atoms with Crippen molar-refractivity contribution in [3.8, 4) is 11.5 Å². The lowest BCUT2D eigenvalue weighted by Gasteiger charge is -2.26. The molecule has 2 atom stereocenters. The van der Waals surface area contributed by atoms with Crippen molar-refractivity contribution in [2.45, 2.75) is 39.0 Å². The van der Waals surface area contributed by atoms with Gasteiger partial charge in [-0.2, -0.15) is 13.2 Å². The zero-order chi connectivity index (χ0) is 17.0. The Morgan fingerprint density at radius 1 is 1.23 bits per heavy atom. The third kappa shape index (κ3) is 4.91. The molecular weight excluding hydrogens is 301 g/mol. The minimum absolute atomic E-state index is 0.132. The Labute approximate surface area is 126 Å². The van der Waals surface area contributed by atoms with Crippen LogP contribution in [0.15, 0.2) is 24.3 Å². The molecule has 7 heteroatoms. The standard InChI is InChI=1S/C15H19F3O4/c1-4-10(2)13(19)22-12-7-5-11(6-8-12)21-9-14(3,20)15(16,17)18/h5-8,10,20H,4,9H2,1-3H3. The van der Waals surface area contributed by atoms with Crippen LogP contribution in [0, 0.1) is 5.92 Å². The van der Waals surface area contributed by atoms with Crippen molar-refractivity contribution in [2.24, 2.45) is 5.92 Å². The number of rotatable bonds is 6. The van der Waals surface area contributed by atoms with Crippen LogP contribution in [0.5, 0.6) is 11.5 Å². The number of benzene rings is 1. The van der Waals surface area contributed by atoms with Gasteiger partial charge in [0.15, 0.2) is 5.60 Å². The first-order chi connectivity index (χ1) is 10.1. The first-order valence-corrected chi connectivity index (χ1v) is 6.80. The maximum Gasteiger partial charge on any atom is 0.420 e. The van der Waals surface area contributed by atoms with Gasteiger partial charge >= 0.3 is 12.1 Å². The lowest BCUT2D eigenvalue weighted by atomic mass is 10.1. The zero-order valence-electron chi connectivity index (χ0n) is 12.6. The van der Waals surface area contributed by atoms with Gasteiger partial charge in [-0.3, -0.25) is 4.79 Å². The minimum Gasteiger partial charge on any atom is -0.490 e. The lowest BCUT2D eigenvalue weighted by molar-refractivity contribution is -0.260. The van der Waals surface area contributed by atoms with E-state index in [4.69, 9.17) is 9.47 Å². The first-order valence-electron chi connectivity index (χ1n) is 6.80. The van der Waals surface area contributed by atoms with Gasteiger partial charge in [-0.15, -0.1) is 0 Å². The number of hydrogen-bond acceptors (Lipinski definition) is 4. The van der Waals surface area contributed by atoms with Gasteiger partial charge < -0.3 is 14.6 Å². The van der Waals surface area contributed by atoms with Crippen LogP contribution in [-0.4, -0.2) is 29.5 Å². The van der Waals surface area contributed by atoms with E-state index in [1.54, 1.807) is 6.92 Å². The van der Waals surface area contributed by atoms with Crippen molar-refractivity contribution in [3.05, 3.63) is 24.3 Å². The van der Waals surface area contributed by atoms with Gasteiger partial charge in [-0.25, -0.2) is 0 Å². The number of hydrogen-bond donors (Lipinski definition) is 1. The molecule has 0 fully saturated rings. The average molecular weight is 320 g/mol. The van der Waals surface area contributed by atoms with Crippen LogP contribution in [0.1, 0.15) is 27.2 Å². The molecule has 2 unspecified atom stereocenters. The van der Waals surface area contributed by atoms with E-state index in [-0.39, 0.29) is 23.4 Å². The molecule has 0 bridgehead atoms. The summed E-state index contributed by atoms with van der Waals surface area (Å²) in [6, 6.07) is 5.56. The SMILES string of the molecule is CCC(C)C(=O)Oc1ccc(OCC(C)(O)C(F)(F)F)cc1. The molecule has 124 valence electrons. The number of carbonyl (C=O) groups is 1. The number of alkyl halides is 3. The van der Waals surface area contributed by atoms with Crippen LogP contribution in [0.3, 0.4) is 0 Å². The van der Waals surface area contributed by atoms with E-state index in [1.807, 2.05) is 6.92 Å². The monoisotopic (exact) mass is 320 g/mol. The maximum atomic E-state index is 12.5. The molecule has 1 N–H and O–H groups in total. The van der Waals surface area contributed by atoms with Gasteiger partial charge in [0.25, 0.3) is 0 Å². The molecule has 1 aromatic rings. The van der Waals surface area contributed by atoms with Crippen molar-refractivity contribution >= 4 is 5.97 Å². The largest absolute Gasteiger partial charge is 0.490 e. The molecule has 0 heterocycles. The van der Waals surface area contributed by atoms with Crippen molar-refractivity contribution < 1.29 is 32.5 Å². The molecule has 0 saturated heterocycles. The maximum absolute atomic E-state index is 12.5. The van der Waals surface area contributed by atoms with Gasteiger partial charge in [0.05, 0.1) is 5.92 Å². The summed E-state index contributed by atoms with van der Waals surface area (Å²) in [5, 5.41) is 9.25. The van der Waals surface area contributed by atoms with Crippen molar-refractivity contribution in [1.82, 2.24) is 0 Å². The van der Waals surface area contributed by atoms with Crippen LogP contribution in [0.2, 0.25) is 0 Å². The van der Waals surface area contributed by atoms with Gasteiger partial charge in [0.2, 0.25) is 0 Å². The van der Waals surface area contributed by atoms with E-state index < -0.39 is 18.4 Å². The Balaban J connectivity index is 2.61. The number of carbonyl (C=O) groups excluding carboxylic acids is 1. The summed E-state index contributed by atoms with van der Waals surface area (Å²) in [6.07, 6.45) is -4.13. The molecule has 0 aliphatic heterocycles. The summed E-state index contributed by atoms with van der Waals surface area (Å²) >= 11 is 0. The van der Waals surface area contributed by atoms with E-state index in [0.717, 1.165) is 0 Å². The highest BCUT2D eigenvalue weighted by Crippen LogP contribution is 2.30. The third-order valence-electron chi connectivity index (χ3n) is 3.19. The number of aliphatic hydroxyl groups is 1. The summed E-state index contributed by atoms with van der Waals surface area (Å²) in [7, 11) is 0. The molecule has 0 spiro atoms. The third-order valence-corrected chi connectivity index (χ3v) is 3.19. The van der Waals surface area contributed by atoms with E-state index >= 15 is 0 Å². The Kier molecular flexibility index (Phi) is 5.82. The summed E-state index contributed by atoms with van der Waals surface area (Å²) in [6.45, 7) is 3.30. The predicted molar refractivity (Wildman–Crippen MR) is 73.7 cm³/mol. The van der Waals surface area contributed by atoms with Crippen LogP contribution in [-0.2, 0) is 4.79 Å². The summed E-state index contributed by atoms with van der Waals surface area (Å²) in [5.74, 6) is -0.206. The van der Waals surface area contributed by atoms with Crippen LogP contribution in [0.4, 0.5) is 13.2 Å². The smallest absolute Gasteiger partial charge is 0.420 e. The van der Waals surface area contributed by atoms with Crippen LogP contribution in [0.25, 0.3) is 0 Å². The fraction of sp³-hybridized carbons (Fsp3) is 0.533. The molecule has 1 rings (SSSR count).